The quantitative estimate of drug-likeness (QED) is 0.0360. The van der Waals surface area contributed by atoms with Crippen LogP contribution in [0.15, 0.2) is 48.6 Å². The molecule has 0 radical (unpaired) electrons. The molecule has 0 aromatic heterocycles. The second-order valence-corrected chi connectivity index (χ2v) is 13.7. The van der Waals surface area contributed by atoms with Gasteiger partial charge in [0, 0.05) is 12.8 Å². The highest BCUT2D eigenvalue weighted by Crippen LogP contribution is 2.26. The number of hydrogen-bond donors (Lipinski definition) is 7. The summed E-state index contributed by atoms with van der Waals surface area (Å²) in [6, 6.07) is 0. The molecule has 7 N–H and O–H groups in total. The normalized spacial score (nSPS) is 29.5. The molecule has 11 atom stereocenters. The van der Waals surface area contributed by atoms with Gasteiger partial charge < -0.3 is 64.2 Å². The molecule has 2 fully saturated rings. The van der Waals surface area contributed by atoms with Crippen LogP contribution in [0, 0.1) is 0 Å². The van der Waals surface area contributed by atoms with Crippen molar-refractivity contribution in [1.82, 2.24) is 0 Å². The standard InChI is InChI=1S/C40H66O15/c1-3-5-6-7-8-9-10-11-12-13-14-15-16-17-18-19-20-21-22-23-32(43)53-28(25-50-31(42)4-2)26-51-39-38(49)36(47)34(45)30(55-39)27-52-40-37(48)35(46)33(44)29(24-41)54-40/h5-6,8-9,11-12,14-15,28-30,33-41,44-49H,3-4,7,10,13,16-27H2,1-2H3/b6-5-,9-8-,12-11-,15-14-. The van der Waals surface area contributed by atoms with E-state index in [1.54, 1.807) is 6.92 Å². The molecule has 0 aromatic carbocycles. The summed E-state index contributed by atoms with van der Waals surface area (Å²) in [6.07, 6.45) is 11.5. The smallest absolute Gasteiger partial charge is 0.306 e. The van der Waals surface area contributed by atoms with Gasteiger partial charge in [-0.25, -0.2) is 0 Å². The number of carbonyl (C=O) groups excluding carboxylic acids is 2. The third kappa shape index (κ3) is 19.0. The minimum absolute atomic E-state index is 0.0929. The highest BCUT2D eigenvalue weighted by molar-refractivity contribution is 5.70. The third-order valence-corrected chi connectivity index (χ3v) is 9.13. The average Bonchev–Trinajstić information content (AvgIpc) is 3.18. The maximum absolute atomic E-state index is 12.7. The predicted octanol–water partition coefficient (Wildman–Crippen LogP) is 2.42. The molecule has 0 saturated carbocycles. The minimum atomic E-state index is -1.76. The number of aliphatic hydroxyl groups is 7. The summed E-state index contributed by atoms with van der Waals surface area (Å²) in [5.74, 6) is -1.05. The molecule has 0 spiro atoms. The van der Waals surface area contributed by atoms with Crippen LogP contribution >= 0.6 is 0 Å². The van der Waals surface area contributed by atoms with Crippen molar-refractivity contribution in [2.24, 2.45) is 0 Å². The fourth-order valence-electron chi connectivity index (χ4n) is 5.77. The van der Waals surface area contributed by atoms with Crippen LogP contribution in [0.3, 0.4) is 0 Å². The lowest BCUT2D eigenvalue weighted by Gasteiger charge is -2.42. The molecule has 0 amide bonds. The van der Waals surface area contributed by atoms with Gasteiger partial charge in [-0.1, -0.05) is 88.1 Å². The number of allylic oxidation sites excluding steroid dienone is 8. The predicted molar refractivity (Wildman–Crippen MR) is 201 cm³/mol. The minimum Gasteiger partial charge on any atom is -0.462 e. The van der Waals surface area contributed by atoms with Gasteiger partial charge in [-0.15, -0.1) is 0 Å². The van der Waals surface area contributed by atoms with Crippen molar-refractivity contribution in [2.45, 2.75) is 165 Å². The van der Waals surface area contributed by atoms with Crippen molar-refractivity contribution < 1.29 is 73.8 Å². The summed E-state index contributed by atoms with van der Waals surface area (Å²) in [7, 11) is 0. The van der Waals surface area contributed by atoms with Crippen LogP contribution in [-0.4, -0.2) is 142 Å². The van der Waals surface area contributed by atoms with Crippen molar-refractivity contribution in [3.63, 3.8) is 0 Å². The van der Waals surface area contributed by atoms with E-state index in [0.717, 1.165) is 64.2 Å². The Morgan fingerprint density at radius 3 is 1.73 bits per heavy atom. The molecule has 0 aliphatic carbocycles. The number of esters is 2. The number of unbranched alkanes of at least 4 members (excludes halogenated alkanes) is 6. The first-order valence-corrected chi connectivity index (χ1v) is 19.7. The molecule has 15 nitrogen and oxygen atoms in total. The molecule has 2 saturated heterocycles. The molecular formula is C40H66O15. The summed E-state index contributed by atoms with van der Waals surface area (Å²) in [5.41, 5.74) is 0. The van der Waals surface area contributed by atoms with E-state index in [1.165, 1.54) is 0 Å². The third-order valence-electron chi connectivity index (χ3n) is 9.13. The van der Waals surface area contributed by atoms with Crippen molar-refractivity contribution in [2.75, 3.05) is 26.4 Å². The fraction of sp³-hybridized carbons (Fsp3) is 0.750. The molecule has 2 heterocycles. The van der Waals surface area contributed by atoms with Crippen molar-refractivity contribution in [1.29, 1.82) is 0 Å². The van der Waals surface area contributed by atoms with Gasteiger partial charge in [0.1, 0.15) is 55.4 Å². The lowest BCUT2D eigenvalue weighted by atomic mass is 9.98. The number of rotatable bonds is 27. The molecular weight excluding hydrogens is 720 g/mol. The van der Waals surface area contributed by atoms with Gasteiger partial charge in [0.15, 0.2) is 18.7 Å². The molecule has 15 heteroatoms. The van der Waals surface area contributed by atoms with Gasteiger partial charge in [0.05, 0.1) is 19.8 Å². The van der Waals surface area contributed by atoms with Crippen LogP contribution in [0.5, 0.6) is 0 Å². The Hall–Kier alpha value is -2.54. The first-order valence-electron chi connectivity index (χ1n) is 19.7. The van der Waals surface area contributed by atoms with Crippen molar-refractivity contribution >= 4 is 11.9 Å². The first-order chi connectivity index (χ1) is 26.5. The summed E-state index contributed by atoms with van der Waals surface area (Å²) >= 11 is 0. The summed E-state index contributed by atoms with van der Waals surface area (Å²) < 4.78 is 32.6. The fourth-order valence-corrected chi connectivity index (χ4v) is 5.77. The highest BCUT2D eigenvalue weighted by atomic mass is 16.7. The molecule has 0 aromatic rings. The first kappa shape index (κ1) is 48.6. The highest BCUT2D eigenvalue weighted by Gasteiger charge is 2.47. The van der Waals surface area contributed by atoms with E-state index in [-0.39, 0.29) is 19.4 Å². The maximum Gasteiger partial charge on any atom is 0.306 e. The molecule has 2 aliphatic rings. The van der Waals surface area contributed by atoms with Crippen LogP contribution in [0.2, 0.25) is 0 Å². The Morgan fingerprint density at radius 2 is 1.13 bits per heavy atom. The Morgan fingerprint density at radius 1 is 0.600 bits per heavy atom. The van der Waals surface area contributed by atoms with E-state index >= 15 is 0 Å². The zero-order valence-electron chi connectivity index (χ0n) is 32.4. The Bertz CT molecular complexity index is 1160. The van der Waals surface area contributed by atoms with E-state index < -0.39 is 99.3 Å². The maximum atomic E-state index is 12.7. The SMILES string of the molecule is CC/C=C\C/C=C\C/C=C\C/C=C\CCCCCCCCC(=O)OC(COC(=O)CC)COC1OC(COC2OC(CO)C(O)C(O)C2O)C(O)C(O)C1O. The number of hydrogen-bond acceptors (Lipinski definition) is 15. The number of carbonyl (C=O) groups is 2. The van der Waals surface area contributed by atoms with E-state index in [1.807, 2.05) is 0 Å². The molecule has 0 bridgehead atoms. The lowest BCUT2D eigenvalue weighted by Crippen LogP contribution is -2.61. The van der Waals surface area contributed by atoms with Crippen LogP contribution in [-0.2, 0) is 38.0 Å². The second kappa shape index (κ2) is 28.8. The molecule has 316 valence electrons. The second-order valence-electron chi connectivity index (χ2n) is 13.7. The van der Waals surface area contributed by atoms with Crippen LogP contribution < -0.4 is 0 Å². The Labute approximate surface area is 325 Å². The number of ether oxygens (including phenoxy) is 6. The van der Waals surface area contributed by atoms with Gasteiger partial charge in [-0.2, -0.15) is 0 Å². The van der Waals surface area contributed by atoms with Crippen LogP contribution in [0.4, 0.5) is 0 Å². The Balaban J connectivity index is 1.72. The largest absolute Gasteiger partial charge is 0.462 e. The summed E-state index contributed by atoms with van der Waals surface area (Å²) in [4.78, 5) is 24.5. The van der Waals surface area contributed by atoms with Gasteiger partial charge in [-0.3, -0.25) is 9.59 Å². The van der Waals surface area contributed by atoms with E-state index in [4.69, 9.17) is 28.4 Å². The van der Waals surface area contributed by atoms with Crippen molar-refractivity contribution in [3.05, 3.63) is 48.6 Å². The lowest BCUT2D eigenvalue weighted by molar-refractivity contribution is -0.332. The molecule has 11 unspecified atom stereocenters. The zero-order chi connectivity index (χ0) is 40.4. The topological polar surface area (TPSA) is 231 Å². The summed E-state index contributed by atoms with van der Waals surface area (Å²) in [5, 5.41) is 71.1. The molecule has 55 heavy (non-hydrogen) atoms. The number of aliphatic hydroxyl groups excluding tert-OH is 7. The zero-order valence-corrected chi connectivity index (χ0v) is 32.4. The van der Waals surface area contributed by atoms with Crippen LogP contribution in [0.1, 0.15) is 97.3 Å². The molecule has 2 rings (SSSR count). The van der Waals surface area contributed by atoms with Gasteiger partial charge in [0.2, 0.25) is 0 Å². The van der Waals surface area contributed by atoms with E-state index in [2.05, 4.69) is 55.5 Å². The van der Waals surface area contributed by atoms with Gasteiger partial charge in [-0.05, 0) is 44.9 Å². The monoisotopic (exact) mass is 786 g/mol. The van der Waals surface area contributed by atoms with Gasteiger partial charge in [0.25, 0.3) is 0 Å². The van der Waals surface area contributed by atoms with E-state index in [0.29, 0.717) is 6.42 Å². The Kier molecular flexibility index (Phi) is 25.4. The molecule has 2 aliphatic heterocycles. The summed E-state index contributed by atoms with van der Waals surface area (Å²) in [6.45, 7) is 1.80. The van der Waals surface area contributed by atoms with Gasteiger partial charge >= 0.3 is 11.9 Å². The van der Waals surface area contributed by atoms with Crippen molar-refractivity contribution in [3.8, 4) is 0 Å². The van der Waals surface area contributed by atoms with E-state index in [9.17, 15) is 45.3 Å². The average molecular weight is 787 g/mol. The van der Waals surface area contributed by atoms with Crippen LogP contribution in [0.25, 0.3) is 0 Å².